The highest BCUT2D eigenvalue weighted by Crippen LogP contribution is 2.42. The molecule has 25 heavy (non-hydrogen) atoms. The molecule has 132 valence electrons. The second-order valence-corrected chi connectivity index (χ2v) is 6.55. The van der Waals surface area contributed by atoms with Crippen molar-refractivity contribution in [2.75, 3.05) is 6.54 Å². The molecule has 0 spiro atoms. The van der Waals surface area contributed by atoms with Gasteiger partial charge in [-0.05, 0) is 31.2 Å². The lowest BCUT2D eigenvalue weighted by Gasteiger charge is -2.21. The number of nitrogens with zero attached hydrogens (tertiary/aromatic N) is 1. The fraction of sp³-hybridized carbons (Fsp3) is 0.412. The molecule has 1 aliphatic carbocycles. The second-order valence-electron chi connectivity index (χ2n) is 6.55. The Balaban J connectivity index is 1.68. The Morgan fingerprint density at radius 2 is 1.96 bits per heavy atom. The summed E-state index contributed by atoms with van der Waals surface area (Å²) in [5, 5.41) is 14.3. The number of urea groups is 1. The average molecular weight is 345 g/mol. The third kappa shape index (κ3) is 3.19. The standard InChI is InChI=1S/C17H19N3O5/c1-17(11-7-8-11)15(24)20(16(25)19-17)9-12(21)18-13(14(22)23)10-5-3-2-4-6-10/h2-6,11,13H,7-9H2,1H3,(H,18,21)(H,19,25)(H,22,23)/t13-,17+/m1/s1. The summed E-state index contributed by atoms with van der Waals surface area (Å²) in [6.07, 6.45) is 1.72. The maximum absolute atomic E-state index is 12.5. The van der Waals surface area contributed by atoms with E-state index in [9.17, 15) is 24.3 Å². The Bertz CT molecular complexity index is 731. The molecule has 1 aromatic rings. The van der Waals surface area contributed by atoms with Crippen LogP contribution in [0.15, 0.2) is 30.3 Å². The van der Waals surface area contributed by atoms with Gasteiger partial charge < -0.3 is 15.7 Å². The van der Waals surface area contributed by atoms with E-state index in [2.05, 4.69) is 10.6 Å². The monoisotopic (exact) mass is 345 g/mol. The van der Waals surface area contributed by atoms with E-state index in [0.717, 1.165) is 17.7 Å². The maximum Gasteiger partial charge on any atom is 0.330 e. The molecule has 0 bridgehead atoms. The minimum absolute atomic E-state index is 0.0908. The van der Waals surface area contributed by atoms with Gasteiger partial charge in [0.05, 0.1) is 0 Å². The summed E-state index contributed by atoms with van der Waals surface area (Å²) in [6, 6.07) is 6.35. The number of benzene rings is 1. The van der Waals surface area contributed by atoms with Crippen molar-refractivity contribution in [3.63, 3.8) is 0 Å². The molecule has 2 fully saturated rings. The van der Waals surface area contributed by atoms with E-state index in [0.29, 0.717) is 5.56 Å². The number of carbonyl (C=O) groups excluding carboxylic acids is 3. The molecule has 8 heteroatoms. The zero-order valence-corrected chi connectivity index (χ0v) is 13.7. The van der Waals surface area contributed by atoms with Gasteiger partial charge in [-0.3, -0.25) is 14.5 Å². The largest absolute Gasteiger partial charge is 0.479 e. The fourth-order valence-electron chi connectivity index (χ4n) is 3.08. The van der Waals surface area contributed by atoms with E-state index >= 15 is 0 Å². The van der Waals surface area contributed by atoms with E-state index < -0.39 is 41.9 Å². The van der Waals surface area contributed by atoms with Crippen LogP contribution in [0.5, 0.6) is 0 Å². The number of hydrogen-bond donors (Lipinski definition) is 3. The van der Waals surface area contributed by atoms with Crippen molar-refractivity contribution < 1.29 is 24.3 Å². The summed E-state index contributed by atoms with van der Waals surface area (Å²) in [5.41, 5.74) is -0.563. The molecule has 1 saturated heterocycles. The van der Waals surface area contributed by atoms with Gasteiger partial charge >= 0.3 is 12.0 Å². The molecular weight excluding hydrogens is 326 g/mol. The molecule has 2 atom stereocenters. The van der Waals surface area contributed by atoms with Crippen LogP contribution in [-0.2, 0) is 14.4 Å². The van der Waals surface area contributed by atoms with Crippen LogP contribution < -0.4 is 10.6 Å². The van der Waals surface area contributed by atoms with Crippen molar-refractivity contribution in [2.45, 2.75) is 31.3 Å². The van der Waals surface area contributed by atoms with E-state index in [4.69, 9.17) is 0 Å². The molecular formula is C17H19N3O5. The number of imide groups is 1. The summed E-state index contributed by atoms with van der Waals surface area (Å²) in [4.78, 5) is 49.0. The Morgan fingerprint density at radius 1 is 1.32 bits per heavy atom. The van der Waals surface area contributed by atoms with Crippen LogP contribution in [0.2, 0.25) is 0 Å². The van der Waals surface area contributed by atoms with E-state index in [1.165, 1.54) is 0 Å². The van der Waals surface area contributed by atoms with Crippen LogP contribution in [0.4, 0.5) is 4.79 Å². The van der Waals surface area contributed by atoms with Crippen LogP contribution in [0.25, 0.3) is 0 Å². The zero-order valence-electron chi connectivity index (χ0n) is 13.7. The van der Waals surface area contributed by atoms with Gasteiger partial charge in [-0.1, -0.05) is 30.3 Å². The SMILES string of the molecule is C[C@@]1(C2CC2)NC(=O)N(CC(=O)N[C@@H](C(=O)O)c2ccccc2)C1=O. The molecule has 2 aliphatic rings. The van der Waals surface area contributed by atoms with Gasteiger partial charge in [0.15, 0.2) is 6.04 Å². The Hall–Kier alpha value is -2.90. The highest BCUT2D eigenvalue weighted by Gasteiger charge is 2.56. The molecule has 0 unspecified atom stereocenters. The molecule has 1 aliphatic heterocycles. The highest BCUT2D eigenvalue weighted by atomic mass is 16.4. The van der Waals surface area contributed by atoms with Crippen molar-refractivity contribution in [3.05, 3.63) is 35.9 Å². The van der Waals surface area contributed by atoms with Crippen LogP contribution in [-0.4, -0.2) is 45.9 Å². The smallest absolute Gasteiger partial charge is 0.330 e. The Morgan fingerprint density at radius 3 is 2.52 bits per heavy atom. The predicted octanol–water partition coefficient (Wildman–Crippen LogP) is 0.649. The van der Waals surface area contributed by atoms with Crippen molar-refractivity contribution in [1.29, 1.82) is 0 Å². The van der Waals surface area contributed by atoms with Gasteiger partial charge in [0.25, 0.3) is 5.91 Å². The van der Waals surface area contributed by atoms with Gasteiger partial charge in [0, 0.05) is 0 Å². The van der Waals surface area contributed by atoms with Gasteiger partial charge in [-0.15, -0.1) is 0 Å². The highest BCUT2D eigenvalue weighted by molar-refractivity contribution is 6.09. The number of rotatable bonds is 6. The molecule has 3 N–H and O–H groups in total. The number of hydrogen-bond acceptors (Lipinski definition) is 4. The van der Waals surface area contributed by atoms with E-state index in [1.54, 1.807) is 37.3 Å². The number of amides is 4. The van der Waals surface area contributed by atoms with Crippen molar-refractivity contribution in [2.24, 2.45) is 5.92 Å². The number of nitrogens with one attached hydrogen (secondary N) is 2. The zero-order chi connectivity index (χ0) is 18.2. The molecule has 0 aromatic heterocycles. The van der Waals surface area contributed by atoms with E-state index in [1.807, 2.05) is 0 Å². The molecule has 1 aromatic carbocycles. The topological polar surface area (TPSA) is 116 Å². The summed E-state index contributed by atoms with van der Waals surface area (Å²) >= 11 is 0. The van der Waals surface area contributed by atoms with Crippen molar-refractivity contribution in [1.82, 2.24) is 15.5 Å². The van der Waals surface area contributed by atoms with Gasteiger partial charge in [0.2, 0.25) is 5.91 Å². The van der Waals surface area contributed by atoms with Crippen molar-refractivity contribution in [3.8, 4) is 0 Å². The third-order valence-corrected chi connectivity index (χ3v) is 4.68. The lowest BCUT2D eigenvalue weighted by molar-refractivity contribution is -0.142. The Kier molecular flexibility index (Phi) is 4.20. The third-order valence-electron chi connectivity index (χ3n) is 4.68. The molecule has 3 rings (SSSR count). The van der Waals surface area contributed by atoms with Gasteiger partial charge in [0.1, 0.15) is 12.1 Å². The first-order valence-electron chi connectivity index (χ1n) is 8.04. The average Bonchev–Trinajstić information content (AvgIpc) is 3.39. The number of aliphatic carboxylic acids is 1. The van der Waals surface area contributed by atoms with Crippen LogP contribution >= 0.6 is 0 Å². The lowest BCUT2D eigenvalue weighted by atomic mass is 9.96. The fourth-order valence-corrected chi connectivity index (χ4v) is 3.08. The molecule has 1 saturated carbocycles. The quantitative estimate of drug-likeness (QED) is 0.655. The number of carboxylic acid groups (broad SMARTS) is 1. The van der Waals surface area contributed by atoms with Crippen LogP contribution in [0.3, 0.4) is 0 Å². The minimum atomic E-state index is -1.25. The first-order chi connectivity index (χ1) is 11.8. The van der Waals surface area contributed by atoms with Gasteiger partial charge in [-0.2, -0.15) is 0 Å². The van der Waals surface area contributed by atoms with Crippen LogP contribution in [0, 0.1) is 5.92 Å². The van der Waals surface area contributed by atoms with Crippen molar-refractivity contribution >= 4 is 23.8 Å². The summed E-state index contributed by atoms with van der Waals surface area (Å²) in [7, 11) is 0. The minimum Gasteiger partial charge on any atom is -0.479 e. The summed E-state index contributed by atoms with van der Waals surface area (Å²) < 4.78 is 0. The first-order valence-corrected chi connectivity index (χ1v) is 8.04. The molecule has 1 heterocycles. The summed E-state index contributed by atoms with van der Waals surface area (Å²) in [6.45, 7) is 1.15. The molecule has 0 radical (unpaired) electrons. The normalized spacial score (nSPS) is 24.0. The Labute approximate surface area is 144 Å². The predicted molar refractivity (Wildman–Crippen MR) is 86.3 cm³/mol. The molecule has 8 nitrogen and oxygen atoms in total. The molecule has 4 amide bonds. The summed E-state index contributed by atoms with van der Waals surface area (Å²) in [5.74, 6) is -2.28. The number of carboxylic acids is 1. The van der Waals surface area contributed by atoms with E-state index in [-0.39, 0.29) is 5.92 Å². The maximum atomic E-state index is 12.5. The van der Waals surface area contributed by atoms with Gasteiger partial charge in [-0.25, -0.2) is 9.59 Å². The second kappa shape index (κ2) is 6.19. The number of carbonyl (C=O) groups is 4. The van der Waals surface area contributed by atoms with Crippen LogP contribution in [0.1, 0.15) is 31.4 Å². The lowest BCUT2D eigenvalue weighted by Crippen LogP contribution is -2.47. The first kappa shape index (κ1) is 16.9.